The third kappa shape index (κ3) is 3.83. The second kappa shape index (κ2) is 5.79. The molecular weight excluding hydrogens is 251 g/mol. The minimum absolute atomic E-state index is 0.0533. The Balaban J connectivity index is 2.89. The van der Waals surface area contributed by atoms with Gasteiger partial charge in [0.2, 0.25) is 0 Å². The van der Waals surface area contributed by atoms with E-state index in [1.165, 1.54) is 0 Å². The van der Waals surface area contributed by atoms with E-state index >= 15 is 0 Å². The van der Waals surface area contributed by atoms with Gasteiger partial charge in [0, 0.05) is 18.7 Å². The Morgan fingerprint density at radius 1 is 1.65 bits per heavy atom. The fraction of sp³-hybridized carbons (Fsp3) is 0.400. The molecule has 1 aromatic rings. The molecule has 5 nitrogen and oxygen atoms in total. The number of halogens is 2. The first-order chi connectivity index (χ1) is 7.91. The average Bonchev–Trinajstić information content (AvgIpc) is 2.22. The van der Waals surface area contributed by atoms with E-state index in [1.807, 2.05) is 0 Å². The third-order valence-electron chi connectivity index (χ3n) is 2.11. The van der Waals surface area contributed by atoms with E-state index in [9.17, 15) is 14.5 Å². The zero-order valence-electron chi connectivity index (χ0n) is 9.11. The fourth-order valence-electron chi connectivity index (χ4n) is 1.24. The van der Waals surface area contributed by atoms with Crippen molar-refractivity contribution in [3.63, 3.8) is 0 Å². The Morgan fingerprint density at radius 2 is 2.29 bits per heavy atom. The van der Waals surface area contributed by atoms with E-state index in [1.54, 1.807) is 6.92 Å². The number of nitrogens with zero attached hydrogens (tertiary/aromatic N) is 1. The van der Waals surface area contributed by atoms with Crippen LogP contribution < -0.4 is 5.32 Å². The molecule has 0 spiro atoms. The summed E-state index contributed by atoms with van der Waals surface area (Å²) in [6.45, 7) is 1.90. The van der Waals surface area contributed by atoms with Gasteiger partial charge < -0.3 is 10.4 Å². The molecule has 1 unspecified atom stereocenters. The minimum Gasteiger partial charge on any atom is -0.393 e. The zero-order valence-corrected chi connectivity index (χ0v) is 9.87. The van der Waals surface area contributed by atoms with Crippen LogP contribution in [0.5, 0.6) is 0 Å². The summed E-state index contributed by atoms with van der Waals surface area (Å²) >= 11 is 5.47. The molecule has 17 heavy (non-hydrogen) atoms. The lowest BCUT2D eigenvalue weighted by Crippen LogP contribution is -2.11. The van der Waals surface area contributed by atoms with Crippen molar-refractivity contribution in [2.75, 3.05) is 11.9 Å². The number of rotatable bonds is 5. The molecule has 0 heterocycles. The van der Waals surface area contributed by atoms with E-state index in [0.717, 1.165) is 12.1 Å². The topological polar surface area (TPSA) is 75.4 Å². The summed E-state index contributed by atoms with van der Waals surface area (Å²) in [4.78, 5) is 10.1. The SMILES string of the molecule is CC(O)CCNc1cc(F)c(Cl)cc1[N+](=O)[O-]. The molecule has 0 aliphatic rings. The summed E-state index contributed by atoms with van der Waals surface area (Å²) in [6, 6.07) is 1.93. The highest BCUT2D eigenvalue weighted by atomic mass is 35.5. The standard InChI is InChI=1S/C10H12ClFN2O3/c1-6(15)2-3-13-9-5-8(12)7(11)4-10(9)14(16)17/h4-6,13,15H,2-3H2,1H3. The molecule has 0 saturated heterocycles. The summed E-state index contributed by atoms with van der Waals surface area (Å²) < 4.78 is 13.2. The number of nitrogens with one attached hydrogen (secondary N) is 1. The third-order valence-corrected chi connectivity index (χ3v) is 2.40. The fourth-order valence-corrected chi connectivity index (χ4v) is 1.40. The van der Waals surface area contributed by atoms with Gasteiger partial charge >= 0.3 is 0 Å². The molecule has 0 fully saturated rings. The molecule has 0 aliphatic carbocycles. The van der Waals surface area contributed by atoms with Crippen LogP contribution in [-0.2, 0) is 0 Å². The van der Waals surface area contributed by atoms with Crippen molar-refractivity contribution in [2.24, 2.45) is 0 Å². The van der Waals surface area contributed by atoms with Gasteiger partial charge in [-0.15, -0.1) is 0 Å². The van der Waals surface area contributed by atoms with Crippen molar-refractivity contribution >= 4 is 23.0 Å². The summed E-state index contributed by atoms with van der Waals surface area (Å²) in [5.74, 6) is -0.725. The Kier molecular flexibility index (Phi) is 4.65. The number of hydrogen-bond donors (Lipinski definition) is 2. The highest BCUT2D eigenvalue weighted by Crippen LogP contribution is 2.30. The number of hydrogen-bond acceptors (Lipinski definition) is 4. The van der Waals surface area contributed by atoms with Gasteiger partial charge in [-0.25, -0.2) is 4.39 Å². The maximum Gasteiger partial charge on any atom is 0.294 e. The van der Waals surface area contributed by atoms with Gasteiger partial charge in [0.1, 0.15) is 11.5 Å². The zero-order chi connectivity index (χ0) is 13.0. The largest absolute Gasteiger partial charge is 0.393 e. The lowest BCUT2D eigenvalue weighted by Gasteiger charge is -2.09. The molecule has 2 N–H and O–H groups in total. The quantitative estimate of drug-likeness (QED) is 0.632. The van der Waals surface area contributed by atoms with Crippen molar-refractivity contribution in [1.29, 1.82) is 0 Å². The van der Waals surface area contributed by atoms with Gasteiger partial charge in [0.05, 0.1) is 16.0 Å². The molecule has 0 radical (unpaired) electrons. The first-order valence-corrected chi connectivity index (χ1v) is 5.35. The number of benzene rings is 1. The predicted octanol–water partition coefficient (Wildman–Crippen LogP) is 2.57. The monoisotopic (exact) mass is 262 g/mol. The molecule has 0 aliphatic heterocycles. The molecule has 1 atom stereocenters. The van der Waals surface area contributed by atoms with Gasteiger partial charge in [0.15, 0.2) is 0 Å². The molecule has 7 heteroatoms. The number of aliphatic hydroxyl groups excluding tert-OH is 1. The van der Waals surface area contributed by atoms with Gasteiger partial charge in [0.25, 0.3) is 5.69 Å². The Morgan fingerprint density at radius 3 is 2.82 bits per heavy atom. The van der Waals surface area contributed by atoms with Crippen molar-refractivity contribution in [3.05, 3.63) is 33.1 Å². The van der Waals surface area contributed by atoms with E-state index in [0.29, 0.717) is 13.0 Å². The van der Waals surface area contributed by atoms with Crippen LogP contribution >= 0.6 is 11.6 Å². The second-order valence-electron chi connectivity index (χ2n) is 3.61. The Hall–Kier alpha value is -1.40. The highest BCUT2D eigenvalue weighted by Gasteiger charge is 2.17. The predicted molar refractivity (Wildman–Crippen MR) is 62.9 cm³/mol. The van der Waals surface area contributed by atoms with Crippen LogP contribution in [-0.4, -0.2) is 22.7 Å². The average molecular weight is 263 g/mol. The molecule has 0 bridgehead atoms. The van der Waals surface area contributed by atoms with Crippen LogP contribution in [0.15, 0.2) is 12.1 Å². The van der Waals surface area contributed by atoms with Gasteiger partial charge in [-0.3, -0.25) is 10.1 Å². The van der Waals surface area contributed by atoms with Gasteiger partial charge in [-0.1, -0.05) is 11.6 Å². The van der Waals surface area contributed by atoms with Gasteiger partial charge in [-0.05, 0) is 13.3 Å². The Bertz CT molecular complexity index is 426. The molecule has 94 valence electrons. The van der Waals surface area contributed by atoms with Crippen LogP contribution in [0.1, 0.15) is 13.3 Å². The second-order valence-corrected chi connectivity index (χ2v) is 4.01. The van der Waals surface area contributed by atoms with Crippen LogP contribution in [0.4, 0.5) is 15.8 Å². The molecule has 1 rings (SSSR count). The summed E-state index contributed by atoms with van der Waals surface area (Å²) in [7, 11) is 0. The summed E-state index contributed by atoms with van der Waals surface area (Å²) in [5.41, 5.74) is -0.237. The highest BCUT2D eigenvalue weighted by molar-refractivity contribution is 6.31. The van der Waals surface area contributed by atoms with Crippen molar-refractivity contribution < 1.29 is 14.4 Å². The number of anilines is 1. The van der Waals surface area contributed by atoms with E-state index in [2.05, 4.69) is 5.32 Å². The van der Waals surface area contributed by atoms with E-state index in [-0.39, 0.29) is 16.4 Å². The molecule has 0 aromatic heterocycles. The van der Waals surface area contributed by atoms with Crippen LogP contribution in [0, 0.1) is 15.9 Å². The first kappa shape index (κ1) is 13.7. The van der Waals surface area contributed by atoms with Gasteiger partial charge in [-0.2, -0.15) is 0 Å². The molecule has 0 saturated carbocycles. The smallest absolute Gasteiger partial charge is 0.294 e. The maximum atomic E-state index is 13.2. The maximum absolute atomic E-state index is 13.2. The van der Waals surface area contributed by atoms with Crippen molar-refractivity contribution in [2.45, 2.75) is 19.4 Å². The van der Waals surface area contributed by atoms with E-state index < -0.39 is 16.8 Å². The summed E-state index contributed by atoms with van der Waals surface area (Å²) in [5, 5.41) is 22.2. The lowest BCUT2D eigenvalue weighted by atomic mass is 10.2. The van der Waals surface area contributed by atoms with Crippen molar-refractivity contribution in [1.82, 2.24) is 0 Å². The Labute approximate surface area is 102 Å². The number of aliphatic hydroxyl groups is 1. The van der Waals surface area contributed by atoms with Crippen LogP contribution in [0.2, 0.25) is 5.02 Å². The lowest BCUT2D eigenvalue weighted by molar-refractivity contribution is -0.384. The first-order valence-electron chi connectivity index (χ1n) is 4.97. The normalized spacial score (nSPS) is 12.2. The summed E-state index contributed by atoms with van der Waals surface area (Å²) in [6.07, 6.45) is -0.125. The van der Waals surface area contributed by atoms with Crippen LogP contribution in [0.3, 0.4) is 0 Å². The van der Waals surface area contributed by atoms with Crippen LogP contribution in [0.25, 0.3) is 0 Å². The van der Waals surface area contributed by atoms with Crippen molar-refractivity contribution in [3.8, 4) is 0 Å². The molecule has 0 amide bonds. The molecule has 1 aromatic carbocycles. The minimum atomic E-state index is -0.725. The molecular formula is C10H12ClFN2O3. The number of nitro benzene ring substituents is 1. The number of nitro groups is 1. The van der Waals surface area contributed by atoms with E-state index in [4.69, 9.17) is 16.7 Å².